The van der Waals surface area contributed by atoms with Crippen LogP contribution < -0.4 is 0 Å². The first-order valence-electron chi connectivity index (χ1n) is 5.65. The number of alkyl halides is 1. The predicted molar refractivity (Wildman–Crippen MR) is 76.1 cm³/mol. The average molecular weight is 315 g/mol. The third-order valence-electron chi connectivity index (χ3n) is 2.65. The Hall–Kier alpha value is 1.16. The molecule has 0 aromatic rings. The zero-order chi connectivity index (χ0) is 10.2. The Bertz CT molecular complexity index is 85.1. The molecule has 0 spiro atoms. The van der Waals surface area contributed by atoms with Crippen LogP contribution in [-0.2, 0) is 0 Å². The van der Waals surface area contributed by atoms with E-state index in [4.69, 9.17) is 0 Å². The van der Waals surface area contributed by atoms with Gasteiger partial charge in [0.25, 0.3) is 0 Å². The molecular formula is C11H25IP+. The lowest BCUT2D eigenvalue weighted by Crippen LogP contribution is -2.12. The van der Waals surface area contributed by atoms with Crippen LogP contribution in [-0.4, -0.2) is 29.1 Å². The quantitative estimate of drug-likeness (QED) is 0.347. The Kier molecular flexibility index (Phi) is 9.22. The highest BCUT2D eigenvalue weighted by Gasteiger charge is 2.33. The summed E-state index contributed by atoms with van der Waals surface area (Å²) in [6.45, 7) is 7.06. The summed E-state index contributed by atoms with van der Waals surface area (Å²) in [7, 11) is -0.504. The Morgan fingerprint density at radius 1 is 0.769 bits per heavy atom. The van der Waals surface area contributed by atoms with E-state index in [2.05, 4.69) is 43.4 Å². The average Bonchev–Trinajstić information content (AvgIpc) is 2.06. The maximum atomic E-state index is 2.56. The van der Waals surface area contributed by atoms with Gasteiger partial charge in [-0.3, -0.25) is 0 Å². The minimum atomic E-state index is -0.504. The van der Waals surface area contributed by atoms with Crippen LogP contribution in [0.2, 0.25) is 0 Å². The highest BCUT2D eigenvalue weighted by Crippen LogP contribution is 2.60. The first-order valence-corrected chi connectivity index (χ1v) is 9.71. The molecule has 0 amide bonds. The van der Waals surface area contributed by atoms with Crippen LogP contribution in [0.25, 0.3) is 0 Å². The monoisotopic (exact) mass is 315 g/mol. The molecule has 80 valence electrons. The molecule has 0 bridgehead atoms. The van der Waals surface area contributed by atoms with Crippen molar-refractivity contribution in [3.63, 3.8) is 0 Å². The van der Waals surface area contributed by atoms with E-state index in [0.717, 1.165) is 0 Å². The van der Waals surface area contributed by atoms with Gasteiger partial charge in [-0.2, -0.15) is 0 Å². The molecule has 0 N–H and O–H groups in total. The van der Waals surface area contributed by atoms with Crippen LogP contribution in [0.4, 0.5) is 0 Å². The molecule has 0 unspecified atom stereocenters. The van der Waals surface area contributed by atoms with Crippen molar-refractivity contribution in [2.75, 3.05) is 29.1 Å². The molecule has 2 heteroatoms. The van der Waals surface area contributed by atoms with E-state index in [1.54, 1.807) is 24.6 Å². The lowest BCUT2D eigenvalue weighted by Gasteiger charge is -2.26. The molecule has 0 saturated heterocycles. The Morgan fingerprint density at radius 2 is 1.15 bits per heavy atom. The highest BCUT2D eigenvalue weighted by atomic mass is 127. The van der Waals surface area contributed by atoms with Crippen molar-refractivity contribution in [1.29, 1.82) is 0 Å². The Morgan fingerprint density at radius 3 is 1.38 bits per heavy atom. The maximum Gasteiger partial charge on any atom is 0.0683 e. The number of rotatable bonds is 8. The van der Waals surface area contributed by atoms with Gasteiger partial charge in [0.05, 0.1) is 24.6 Å². The van der Waals surface area contributed by atoms with Gasteiger partial charge in [0.15, 0.2) is 0 Å². The SMILES string of the molecule is CCC[P+](CCC)(CCC)CCI. The van der Waals surface area contributed by atoms with Gasteiger partial charge in [0, 0.05) is 11.7 Å². The number of halogens is 1. The van der Waals surface area contributed by atoms with Crippen LogP contribution in [0.3, 0.4) is 0 Å². The molecule has 0 saturated carbocycles. The third-order valence-corrected chi connectivity index (χ3v) is 9.41. The second-order valence-corrected chi connectivity index (χ2v) is 9.48. The molecular weight excluding hydrogens is 290 g/mol. The van der Waals surface area contributed by atoms with Gasteiger partial charge >= 0.3 is 0 Å². The molecule has 0 aliphatic carbocycles. The molecule has 0 atom stereocenters. The minimum Gasteiger partial charge on any atom is -0.0824 e. The molecule has 0 aromatic carbocycles. The summed E-state index contributed by atoms with van der Waals surface area (Å²) >= 11 is 2.56. The van der Waals surface area contributed by atoms with E-state index in [1.165, 1.54) is 23.7 Å². The van der Waals surface area contributed by atoms with Gasteiger partial charge < -0.3 is 0 Å². The van der Waals surface area contributed by atoms with Gasteiger partial charge in [0.2, 0.25) is 0 Å². The Balaban J connectivity index is 4.19. The summed E-state index contributed by atoms with van der Waals surface area (Å²) < 4.78 is 1.38. The van der Waals surface area contributed by atoms with Crippen LogP contribution >= 0.6 is 29.9 Å². The summed E-state index contributed by atoms with van der Waals surface area (Å²) in [5, 5.41) is 0. The van der Waals surface area contributed by atoms with Crippen LogP contribution in [0.5, 0.6) is 0 Å². The smallest absolute Gasteiger partial charge is 0.0683 e. The summed E-state index contributed by atoms with van der Waals surface area (Å²) in [6.07, 6.45) is 10.4. The normalized spacial score (nSPS) is 12.0. The second-order valence-electron chi connectivity index (χ2n) is 3.93. The summed E-state index contributed by atoms with van der Waals surface area (Å²) in [5.74, 6) is 0. The lowest BCUT2D eigenvalue weighted by molar-refractivity contribution is 0.990. The molecule has 13 heavy (non-hydrogen) atoms. The van der Waals surface area contributed by atoms with Gasteiger partial charge in [0.1, 0.15) is 0 Å². The molecule has 0 aliphatic heterocycles. The molecule has 0 radical (unpaired) electrons. The van der Waals surface area contributed by atoms with Crippen molar-refractivity contribution in [2.45, 2.75) is 40.0 Å². The standard InChI is InChI=1S/C11H25IP/c1-4-8-13(9-5-2,10-6-3)11-7-12/h4-11H2,1-3H3/q+1. The largest absolute Gasteiger partial charge is 0.0824 e. The maximum absolute atomic E-state index is 2.56. The van der Waals surface area contributed by atoms with E-state index in [0.29, 0.717) is 0 Å². The summed E-state index contributed by atoms with van der Waals surface area (Å²) in [6, 6.07) is 0. The number of hydrogen-bond acceptors (Lipinski definition) is 0. The first kappa shape index (κ1) is 14.2. The predicted octanol–water partition coefficient (Wildman–Crippen LogP) is 4.67. The first-order chi connectivity index (χ1) is 6.24. The van der Waals surface area contributed by atoms with Crippen molar-refractivity contribution in [1.82, 2.24) is 0 Å². The van der Waals surface area contributed by atoms with E-state index in [-0.39, 0.29) is 0 Å². The molecule has 0 rings (SSSR count). The van der Waals surface area contributed by atoms with E-state index in [9.17, 15) is 0 Å². The van der Waals surface area contributed by atoms with E-state index < -0.39 is 7.26 Å². The molecule has 0 aliphatic rings. The van der Waals surface area contributed by atoms with Crippen molar-refractivity contribution in [3.05, 3.63) is 0 Å². The minimum absolute atomic E-state index is 0.504. The van der Waals surface area contributed by atoms with E-state index in [1.807, 2.05) is 0 Å². The van der Waals surface area contributed by atoms with Crippen LogP contribution in [0, 0.1) is 0 Å². The lowest BCUT2D eigenvalue weighted by atomic mass is 10.6. The molecule has 0 nitrogen and oxygen atoms in total. The van der Waals surface area contributed by atoms with Crippen molar-refractivity contribution in [2.24, 2.45) is 0 Å². The highest BCUT2D eigenvalue weighted by molar-refractivity contribution is 14.1. The van der Waals surface area contributed by atoms with Gasteiger partial charge in [-0.15, -0.1) is 0 Å². The van der Waals surface area contributed by atoms with Crippen LogP contribution in [0.15, 0.2) is 0 Å². The summed E-state index contributed by atoms with van der Waals surface area (Å²) in [4.78, 5) is 0. The fourth-order valence-electron chi connectivity index (χ4n) is 2.27. The number of hydrogen-bond donors (Lipinski definition) is 0. The summed E-state index contributed by atoms with van der Waals surface area (Å²) in [5.41, 5.74) is 0. The van der Waals surface area contributed by atoms with Crippen LogP contribution in [0.1, 0.15) is 40.0 Å². The van der Waals surface area contributed by atoms with E-state index >= 15 is 0 Å². The fraction of sp³-hybridized carbons (Fsp3) is 1.00. The zero-order valence-corrected chi connectivity index (χ0v) is 12.5. The third kappa shape index (κ3) is 5.57. The van der Waals surface area contributed by atoms with Crippen molar-refractivity contribution < 1.29 is 0 Å². The van der Waals surface area contributed by atoms with Gasteiger partial charge in [-0.1, -0.05) is 43.4 Å². The van der Waals surface area contributed by atoms with Crippen molar-refractivity contribution >= 4 is 29.9 Å². The van der Waals surface area contributed by atoms with Gasteiger partial charge in [-0.05, 0) is 19.3 Å². The topological polar surface area (TPSA) is 0 Å². The van der Waals surface area contributed by atoms with Crippen molar-refractivity contribution in [3.8, 4) is 0 Å². The molecule has 0 heterocycles. The fourth-order valence-corrected chi connectivity index (χ4v) is 9.89. The van der Waals surface area contributed by atoms with Gasteiger partial charge in [-0.25, -0.2) is 0 Å². The second kappa shape index (κ2) is 8.47. The molecule has 0 aromatic heterocycles. The Labute approximate surface area is 98.7 Å². The zero-order valence-electron chi connectivity index (χ0n) is 9.48. The molecule has 0 fully saturated rings.